The zero-order valence-corrected chi connectivity index (χ0v) is 15.1. The van der Waals surface area contributed by atoms with E-state index in [1.165, 1.54) is 7.11 Å². The summed E-state index contributed by atoms with van der Waals surface area (Å²) >= 11 is 0. The van der Waals surface area contributed by atoms with Gasteiger partial charge < -0.3 is 9.47 Å². The Morgan fingerprint density at radius 1 is 1.00 bits per heavy atom. The van der Waals surface area contributed by atoms with E-state index in [1.54, 1.807) is 18.2 Å². The van der Waals surface area contributed by atoms with Crippen molar-refractivity contribution in [3.8, 4) is 11.5 Å². The van der Waals surface area contributed by atoms with Crippen molar-refractivity contribution in [1.82, 2.24) is 10.9 Å². The van der Waals surface area contributed by atoms with Crippen LogP contribution in [-0.4, -0.2) is 25.5 Å². The van der Waals surface area contributed by atoms with Gasteiger partial charge in [0.15, 0.2) is 11.5 Å². The third-order valence-corrected chi connectivity index (χ3v) is 3.69. The van der Waals surface area contributed by atoms with Crippen molar-refractivity contribution in [2.45, 2.75) is 26.2 Å². The molecule has 0 bridgehead atoms. The summed E-state index contributed by atoms with van der Waals surface area (Å²) in [6.45, 7) is 2.58. The van der Waals surface area contributed by atoms with E-state index in [2.05, 4.69) is 10.9 Å². The summed E-state index contributed by atoms with van der Waals surface area (Å²) in [6.07, 6.45) is 1.78. The van der Waals surface area contributed by atoms with Gasteiger partial charge in [-0.1, -0.05) is 37.3 Å². The first-order chi connectivity index (χ1) is 12.6. The van der Waals surface area contributed by atoms with E-state index in [4.69, 9.17) is 9.47 Å². The number of benzene rings is 2. The first-order valence-corrected chi connectivity index (χ1v) is 8.58. The van der Waals surface area contributed by atoms with Gasteiger partial charge in [-0.3, -0.25) is 20.4 Å². The minimum absolute atomic E-state index is 0.253. The van der Waals surface area contributed by atoms with E-state index in [1.807, 2.05) is 37.3 Å². The molecule has 0 heterocycles. The molecular weight excluding hydrogens is 332 g/mol. The quantitative estimate of drug-likeness (QED) is 0.713. The van der Waals surface area contributed by atoms with Gasteiger partial charge >= 0.3 is 0 Å². The molecule has 0 saturated heterocycles. The number of rotatable bonds is 8. The highest BCUT2D eigenvalue weighted by molar-refractivity contribution is 5.96. The molecule has 138 valence electrons. The lowest BCUT2D eigenvalue weighted by atomic mass is 10.1. The molecule has 2 aromatic rings. The normalized spacial score (nSPS) is 10.1. The zero-order valence-electron chi connectivity index (χ0n) is 15.1. The SMILES string of the molecule is CCCOc1ccc(C(=O)NNC(=O)CCc2ccccc2)cc1OC. The van der Waals surface area contributed by atoms with E-state index in [0.29, 0.717) is 30.1 Å². The number of nitrogens with one attached hydrogen (secondary N) is 2. The van der Waals surface area contributed by atoms with Gasteiger partial charge in [-0.25, -0.2) is 0 Å². The topological polar surface area (TPSA) is 76.7 Å². The summed E-state index contributed by atoms with van der Waals surface area (Å²) in [4.78, 5) is 24.1. The molecule has 0 unspecified atom stereocenters. The first kappa shape index (κ1) is 19.3. The highest BCUT2D eigenvalue weighted by Crippen LogP contribution is 2.28. The highest BCUT2D eigenvalue weighted by Gasteiger charge is 2.12. The molecule has 26 heavy (non-hydrogen) atoms. The van der Waals surface area contributed by atoms with Crippen LogP contribution >= 0.6 is 0 Å². The number of methoxy groups -OCH3 is 1. The number of carbonyl (C=O) groups is 2. The number of carbonyl (C=O) groups excluding carboxylic acids is 2. The summed E-state index contributed by atoms with van der Waals surface area (Å²) in [7, 11) is 1.52. The second-order valence-corrected chi connectivity index (χ2v) is 5.70. The van der Waals surface area contributed by atoms with Gasteiger partial charge in [0.2, 0.25) is 5.91 Å². The average Bonchev–Trinajstić information content (AvgIpc) is 2.69. The number of aryl methyl sites for hydroxylation is 1. The molecule has 0 saturated carbocycles. The summed E-state index contributed by atoms with van der Waals surface area (Å²) in [5.74, 6) is 0.384. The maximum atomic E-state index is 12.2. The Morgan fingerprint density at radius 2 is 1.77 bits per heavy atom. The van der Waals surface area contributed by atoms with Crippen LogP contribution < -0.4 is 20.3 Å². The van der Waals surface area contributed by atoms with Crippen LogP contribution in [0.2, 0.25) is 0 Å². The molecule has 0 radical (unpaired) electrons. The predicted molar refractivity (Wildman–Crippen MR) is 99.2 cm³/mol. The molecule has 6 nitrogen and oxygen atoms in total. The van der Waals surface area contributed by atoms with Crippen LogP contribution in [0.25, 0.3) is 0 Å². The fourth-order valence-corrected chi connectivity index (χ4v) is 2.30. The lowest BCUT2D eigenvalue weighted by Gasteiger charge is -2.12. The molecule has 0 spiro atoms. The largest absolute Gasteiger partial charge is 0.493 e. The summed E-state index contributed by atoms with van der Waals surface area (Å²) in [6, 6.07) is 14.6. The number of hydrazine groups is 1. The van der Waals surface area contributed by atoms with Gasteiger partial charge in [0.25, 0.3) is 5.91 Å². The maximum Gasteiger partial charge on any atom is 0.269 e. The van der Waals surface area contributed by atoms with Crippen LogP contribution in [-0.2, 0) is 11.2 Å². The van der Waals surface area contributed by atoms with Gasteiger partial charge in [0.05, 0.1) is 13.7 Å². The highest BCUT2D eigenvalue weighted by atomic mass is 16.5. The summed E-state index contributed by atoms with van der Waals surface area (Å²) in [5.41, 5.74) is 6.28. The molecule has 2 N–H and O–H groups in total. The number of hydrogen-bond acceptors (Lipinski definition) is 4. The Bertz CT molecular complexity index is 732. The Morgan fingerprint density at radius 3 is 2.46 bits per heavy atom. The van der Waals surface area contributed by atoms with Crippen molar-refractivity contribution in [2.24, 2.45) is 0 Å². The zero-order chi connectivity index (χ0) is 18.8. The monoisotopic (exact) mass is 356 g/mol. The minimum atomic E-state index is -0.418. The summed E-state index contributed by atoms with van der Waals surface area (Å²) in [5, 5.41) is 0. The molecule has 0 aliphatic heterocycles. The van der Waals surface area contributed by atoms with Crippen molar-refractivity contribution in [3.05, 3.63) is 59.7 Å². The van der Waals surface area contributed by atoms with Crippen LogP contribution in [0.15, 0.2) is 48.5 Å². The lowest BCUT2D eigenvalue weighted by molar-refractivity contribution is -0.121. The molecule has 0 atom stereocenters. The Labute approximate surface area is 153 Å². The molecular formula is C20H24N2O4. The molecule has 0 aliphatic rings. The van der Waals surface area contributed by atoms with E-state index in [-0.39, 0.29) is 12.3 Å². The average molecular weight is 356 g/mol. The van der Waals surface area contributed by atoms with Crippen LogP contribution in [0, 0.1) is 0 Å². The lowest BCUT2D eigenvalue weighted by Crippen LogP contribution is -2.41. The maximum absolute atomic E-state index is 12.2. The van der Waals surface area contributed by atoms with Crippen molar-refractivity contribution >= 4 is 11.8 Å². The molecule has 2 rings (SSSR count). The second kappa shape index (κ2) is 10.1. The van der Waals surface area contributed by atoms with Gasteiger partial charge in [-0.2, -0.15) is 0 Å². The molecule has 2 amide bonds. The van der Waals surface area contributed by atoms with E-state index < -0.39 is 5.91 Å². The molecule has 0 aliphatic carbocycles. The Hall–Kier alpha value is -3.02. The van der Waals surface area contributed by atoms with Gasteiger partial charge in [-0.05, 0) is 36.6 Å². The van der Waals surface area contributed by atoms with Crippen molar-refractivity contribution in [2.75, 3.05) is 13.7 Å². The third kappa shape index (κ3) is 5.81. The van der Waals surface area contributed by atoms with Crippen LogP contribution in [0.3, 0.4) is 0 Å². The first-order valence-electron chi connectivity index (χ1n) is 8.58. The smallest absolute Gasteiger partial charge is 0.269 e. The van der Waals surface area contributed by atoms with Crippen molar-refractivity contribution < 1.29 is 19.1 Å². The molecule has 0 aromatic heterocycles. The number of hydrogen-bond donors (Lipinski definition) is 2. The van der Waals surface area contributed by atoms with E-state index >= 15 is 0 Å². The minimum Gasteiger partial charge on any atom is -0.493 e. The fourth-order valence-electron chi connectivity index (χ4n) is 2.30. The molecule has 2 aromatic carbocycles. The van der Waals surface area contributed by atoms with E-state index in [0.717, 1.165) is 12.0 Å². The van der Waals surface area contributed by atoms with Gasteiger partial charge in [0, 0.05) is 12.0 Å². The predicted octanol–water partition coefficient (Wildman–Crippen LogP) is 2.88. The third-order valence-electron chi connectivity index (χ3n) is 3.69. The molecule has 0 fully saturated rings. The standard InChI is InChI=1S/C20H24N2O4/c1-3-13-26-17-11-10-16(14-18(17)25-2)20(24)22-21-19(23)12-9-15-7-5-4-6-8-15/h4-8,10-11,14H,3,9,12-13H2,1-2H3,(H,21,23)(H,22,24). The Kier molecular flexibility index (Phi) is 7.49. The summed E-state index contributed by atoms with van der Waals surface area (Å²) < 4.78 is 10.8. The fraction of sp³-hybridized carbons (Fsp3) is 0.300. The Balaban J connectivity index is 1.85. The second-order valence-electron chi connectivity index (χ2n) is 5.70. The molecule has 6 heteroatoms. The number of ether oxygens (including phenoxy) is 2. The van der Waals surface area contributed by atoms with E-state index in [9.17, 15) is 9.59 Å². The van der Waals surface area contributed by atoms with Gasteiger partial charge in [0.1, 0.15) is 0 Å². The van der Waals surface area contributed by atoms with Crippen LogP contribution in [0.1, 0.15) is 35.7 Å². The van der Waals surface area contributed by atoms with Crippen molar-refractivity contribution in [3.63, 3.8) is 0 Å². The van der Waals surface area contributed by atoms with Crippen LogP contribution in [0.4, 0.5) is 0 Å². The number of amides is 2. The van der Waals surface area contributed by atoms with Gasteiger partial charge in [-0.15, -0.1) is 0 Å². The van der Waals surface area contributed by atoms with Crippen molar-refractivity contribution in [1.29, 1.82) is 0 Å². The van der Waals surface area contributed by atoms with Crippen LogP contribution in [0.5, 0.6) is 11.5 Å².